The number of amides is 1. The molecule has 4 aliphatic rings. The van der Waals surface area contributed by atoms with Crippen molar-refractivity contribution in [2.45, 2.75) is 57.2 Å². The van der Waals surface area contributed by atoms with Gasteiger partial charge in [-0.1, -0.05) is 42.5 Å². The largest absolute Gasteiger partial charge is 0.343 e. The third-order valence-corrected chi connectivity index (χ3v) is 10.2. The number of piperidine rings is 4. The fourth-order valence-electron chi connectivity index (χ4n) is 8.51. The summed E-state index contributed by atoms with van der Waals surface area (Å²) in [5.74, 6) is 1.66. The summed E-state index contributed by atoms with van der Waals surface area (Å²) in [4.78, 5) is 18.9. The summed E-state index contributed by atoms with van der Waals surface area (Å²) in [5.41, 5.74) is 4.69. The fourth-order valence-corrected chi connectivity index (χ4v) is 8.51. The summed E-state index contributed by atoms with van der Waals surface area (Å²) < 4.78 is 2.33. The average molecular weight is 516 g/mol. The van der Waals surface area contributed by atoms with Crippen molar-refractivity contribution in [2.75, 3.05) is 19.6 Å². The summed E-state index contributed by atoms with van der Waals surface area (Å²) >= 11 is 0. The Labute approximate surface area is 230 Å². The van der Waals surface area contributed by atoms with Crippen LogP contribution >= 0.6 is 0 Å². The Morgan fingerprint density at radius 1 is 0.846 bits per heavy atom. The molecule has 0 radical (unpaired) electrons. The van der Waals surface area contributed by atoms with Gasteiger partial charge in [0.1, 0.15) is 0 Å². The van der Waals surface area contributed by atoms with Crippen molar-refractivity contribution in [2.24, 2.45) is 11.8 Å². The number of hydrogen-bond acceptors (Lipinski definition) is 2. The topological polar surface area (TPSA) is 28.5 Å². The van der Waals surface area contributed by atoms with Crippen molar-refractivity contribution in [3.05, 3.63) is 89.6 Å². The number of carbonyl (C=O) groups excluding carboxylic acids is 1. The zero-order valence-electron chi connectivity index (χ0n) is 22.6. The first-order valence-corrected chi connectivity index (χ1v) is 15.0. The maximum Gasteiger partial charge on any atom is 0.250 e. The molecule has 0 saturated carbocycles. The number of aromatic nitrogens is 1. The molecule has 198 valence electrons. The molecular weight excluding hydrogens is 478 g/mol. The Kier molecular flexibility index (Phi) is 5.65. The van der Waals surface area contributed by atoms with Gasteiger partial charge in [-0.3, -0.25) is 9.69 Å². The highest BCUT2D eigenvalue weighted by atomic mass is 16.2. The second-order valence-electron chi connectivity index (χ2n) is 12.4. The fraction of sp³-hybridized carbons (Fsp3) is 0.400. The highest BCUT2D eigenvalue weighted by Gasteiger charge is 2.51. The van der Waals surface area contributed by atoms with Gasteiger partial charge >= 0.3 is 0 Å². The van der Waals surface area contributed by atoms with Crippen LogP contribution in [0.1, 0.15) is 49.7 Å². The minimum Gasteiger partial charge on any atom is -0.343 e. The monoisotopic (exact) mass is 515 g/mol. The van der Waals surface area contributed by atoms with Gasteiger partial charge in [0.2, 0.25) is 5.91 Å². The van der Waals surface area contributed by atoms with Crippen LogP contribution < -0.4 is 0 Å². The van der Waals surface area contributed by atoms with E-state index in [0.717, 1.165) is 43.1 Å². The Hall–Kier alpha value is -3.37. The number of rotatable bonds is 3. The van der Waals surface area contributed by atoms with Gasteiger partial charge in [-0.25, -0.2) is 0 Å². The molecule has 3 aromatic carbocycles. The Balaban J connectivity index is 1.03. The smallest absolute Gasteiger partial charge is 0.250 e. The van der Waals surface area contributed by atoms with Gasteiger partial charge in [0.05, 0.1) is 0 Å². The highest BCUT2D eigenvalue weighted by Crippen LogP contribution is 2.45. The third kappa shape index (κ3) is 4.03. The molecule has 4 fully saturated rings. The summed E-state index contributed by atoms with van der Waals surface area (Å²) in [7, 11) is 0. The van der Waals surface area contributed by atoms with Crippen LogP contribution in [0.15, 0.2) is 78.5 Å². The van der Waals surface area contributed by atoms with Crippen LogP contribution in [0, 0.1) is 11.8 Å². The van der Waals surface area contributed by atoms with Crippen LogP contribution in [0.4, 0.5) is 0 Å². The van der Waals surface area contributed by atoms with Crippen LogP contribution in [0.3, 0.4) is 0 Å². The zero-order valence-corrected chi connectivity index (χ0v) is 22.6. The third-order valence-electron chi connectivity index (χ3n) is 10.2. The molecule has 0 unspecified atom stereocenters. The number of carbonyl (C=O) groups is 1. The van der Waals surface area contributed by atoms with Crippen LogP contribution in [-0.2, 0) is 11.3 Å². The molecule has 0 bridgehead atoms. The van der Waals surface area contributed by atoms with Gasteiger partial charge < -0.3 is 9.47 Å². The van der Waals surface area contributed by atoms with E-state index in [0.29, 0.717) is 23.8 Å². The van der Waals surface area contributed by atoms with Crippen molar-refractivity contribution >= 4 is 33.7 Å². The van der Waals surface area contributed by atoms with Gasteiger partial charge in [0, 0.05) is 47.8 Å². The Bertz CT molecular complexity index is 1600. The van der Waals surface area contributed by atoms with E-state index in [-0.39, 0.29) is 0 Å². The molecule has 0 spiro atoms. The van der Waals surface area contributed by atoms with Crippen molar-refractivity contribution in [3.63, 3.8) is 0 Å². The molecular formula is C35H37N3O. The van der Waals surface area contributed by atoms with Gasteiger partial charge in [-0.2, -0.15) is 0 Å². The lowest BCUT2D eigenvalue weighted by molar-refractivity contribution is -0.145. The van der Waals surface area contributed by atoms with Gasteiger partial charge in [0.15, 0.2) is 0 Å². The van der Waals surface area contributed by atoms with E-state index >= 15 is 0 Å². The second-order valence-corrected chi connectivity index (χ2v) is 12.4. The highest BCUT2D eigenvalue weighted by molar-refractivity contribution is 5.99. The van der Waals surface area contributed by atoms with Gasteiger partial charge in [0.25, 0.3) is 0 Å². The van der Waals surface area contributed by atoms with E-state index in [1.54, 1.807) is 0 Å². The van der Waals surface area contributed by atoms with Crippen molar-refractivity contribution in [3.8, 4) is 0 Å². The first-order valence-electron chi connectivity index (χ1n) is 15.0. The summed E-state index contributed by atoms with van der Waals surface area (Å²) in [6.45, 7) is 4.37. The zero-order chi connectivity index (χ0) is 25.9. The number of fused-ring (bicyclic) bond motifs is 4. The van der Waals surface area contributed by atoms with E-state index in [9.17, 15) is 4.79 Å². The molecule has 8 rings (SSSR count). The van der Waals surface area contributed by atoms with E-state index in [2.05, 4.69) is 93.4 Å². The van der Waals surface area contributed by atoms with Crippen LogP contribution in [-0.4, -0.2) is 52.0 Å². The minimum absolute atomic E-state index is 0.307. The van der Waals surface area contributed by atoms with Crippen LogP contribution in [0.2, 0.25) is 0 Å². The maximum atomic E-state index is 13.8. The Morgan fingerprint density at radius 2 is 1.72 bits per heavy atom. The average Bonchev–Trinajstić information content (AvgIpc) is 3.37. The molecule has 4 aromatic rings. The van der Waals surface area contributed by atoms with E-state index in [1.165, 1.54) is 66.0 Å². The molecule has 39 heavy (non-hydrogen) atoms. The van der Waals surface area contributed by atoms with E-state index in [1.807, 2.05) is 0 Å². The predicted molar refractivity (Wildman–Crippen MR) is 159 cm³/mol. The molecule has 0 N–H and O–H groups in total. The summed E-state index contributed by atoms with van der Waals surface area (Å²) in [5, 5.41) is 3.80. The lowest BCUT2D eigenvalue weighted by atomic mass is 9.67. The molecule has 4 saturated heterocycles. The van der Waals surface area contributed by atoms with E-state index < -0.39 is 0 Å². The van der Waals surface area contributed by atoms with Crippen LogP contribution in [0.5, 0.6) is 0 Å². The van der Waals surface area contributed by atoms with Crippen molar-refractivity contribution in [1.82, 2.24) is 14.4 Å². The maximum absolute atomic E-state index is 13.8. The standard InChI is InChI=1S/C35H37N3O/c39-35-29(12-14-33-31-8-4-17-36-16-3-7-30(34(31)36)23-38(33)35)20-24-10-13-32-28(19-24)15-18-37(32)22-25-9-11-26-5-1-2-6-27(26)21-25/h1-2,5-6,9-11,13,15,18-21,30-31,33-34H,3-4,7-8,12,14,16-17,22-23H2/b29-20+/t30-,31+,33+,34-/m0/s1. The minimum atomic E-state index is 0.307. The number of nitrogens with zero attached hydrogens (tertiary/aromatic N) is 3. The molecule has 4 aliphatic heterocycles. The predicted octanol–water partition coefficient (Wildman–Crippen LogP) is 6.72. The molecule has 4 nitrogen and oxygen atoms in total. The van der Waals surface area contributed by atoms with Crippen LogP contribution in [0.25, 0.3) is 27.8 Å². The second kappa shape index (κ2) is 9.38. The summed E-state index contributed by atoms with van der Waals surface area (Å²) in [6, 6.07) is 25.3. The summed E-state index contributed by atoms with van der Waals surface area (Å²) in [6.07, 6.45) is 11.6. The lowest BCUT2D eigenvalue weighted by Gasteiger charge is -2.58. The quantitative estimate of drug-likeness (QED) is 0.283. The Morgan fingerprint density at radius 3 is 2.64 bits per heavy atom. The van der Waals surface area contributed by atoms with Crippen molar-refractivity contribution < 1.29 is 4.79 Å². The molecule has 0 aliphatic carbocycles. The number of benzene rings is 3. The molecule has 4 atom stereocenters. The number of hydrogen-bond donors (Lipinski definition) is 0. The van der Waals surface area contributed by atoms with Gasteiger partial charge in [-0.15, -0.1) is 0 Å². The molecule has 4 heteroatoms. The first kappa shape index (κ1) is 23.5. The van der Waals surface area contributed by atoms with Crippen molar-refractivity contribution in [1.29, 1.82) is 0 Å². The molecule has 1 aromatic heterocycles. The lowest BCUT2D eigenvalue weighted by Crippen LogP contribution is -2.66. The normalized spacial score (nSPS) is 28.2. The van der Waals surface area contributed by atoms with Gasteiger partial charge in [-0.05, 0) is 116 Å². The SMILES string of the molecule is O=C1/C(=C/c2ccc3c(ccn3Cc3ccc4ccccc4c3)c2)CC[C@@H]2[C@H]3CCCN4CCC[C@@H](CN12)[C@@H]34. The molecule has 1 amide bonds. The van der Waals surface area contributed by atoms with E-state index in [4.69, 9.17) is 0 Å². The first-order chi connectivity index (χ1) is 19.2. The molecule has 5 heterocycles.